The molecule has 0 radical (unpaired) electrons. The minimum absolute atomic E-state index is 1.10. The average Bonchev–Trinajstić information content (AvgIpc) is 2.29. The van der Waals surface area contributed by atoms with E-state index in [1.165, 1.54) is 17.7 Å². The van der Waals surface area contributed by atoms with Crippen molar-refractivity contribution < 1.29 is 0 Å². The van der Waals surface area contributed by atoms with Crippen molar-refractivity contribution in [2.24, 2.45) is 0 Å². The van der Waals surface area contributed by atoms with Crippen LogP contribution in [0, 0.1) is 0 Å². The zero-order valence-corrected chi connectivity index (χ0v) is 11.3. The van der Waals surface area contributed by atoms with Crippen LogP contribution in [0.5, 0.6) is 0 Å². The Balaban J connectivity index is 1.93. The van der Waals surface area contributed by atoms with Gasteiger partial charge in [0, 0.05) is 22.5 Å². The van der Waals surface area contributed by atoms with Gasteiger partial charge < -0.3 is 5.32 Å². The van der Waals surface area contributed by atoms with Crippen molar-refractivity contribution in [3.05, 3.63) is 30.3 Å². The molecule has 0 fully saturated rings. The van der Waals surface area contributed by atoms with E-state index in [4.69, 9.17) is 0 Å². The van der Waals surface area contributed by atoms with Gasteiger partial charge in [-0.1, -0.05) is 34.1 Å². The maximum absolute atomic E-state index is 3.45. The van der Waals surface area contributed by atoms with E-state index in [2.05, 4.69) is 51.6 Å². The predicted octanol–water partition coefficient (Wildman–Crippen LogP) is 3.54. The van der Waals surface area contributed by atoms with Crippen LogP contribution in [0.3, 0.4) is 0 Å². The topological polar surface area (TPSA) is 12.0 Å². The molecule has 0 amide bonds. The van der Waals surface area contributed by atoms with Crippen LogP contribution in [0.15, 0.2) is 35.2 Å². The van der Waals surface area contributed by atoms with Crippen LogP contribution in [-0.2, 0) is 0 Å². The molecular weight excluding hydrogens is 270 g/mol. The molecule has 0 atom stereocenters. The van der Waals surface area contributed by atoms with Gasteiger partial charge in [0.05, 0.1) is 0 Å². The van der Waals surface area contributed by atoms with Crippen LogP contribution in [0.1, 0.15) is 12.8 Å². The number of thioether (sulfide) groups is 1. The Morgan fingerprint density at radius 2 is 1.87 bits per heavy atom. The molecule has 0 aliphatic carbocycles. The minimum atomic E-state index is 1.10. The van der Waals surface area contributed by atoms with Gasteiger partial charge in [-0.15, -0.1) is 11.8 Å². The second-order valence-corrected chi connectivity index (χ2v) is 5.27. The fraction of sp³-hybridized carbons (Fsp3) is 0.500. The number of halogens is 1. The maximum atomic E-state index is 3.45. The van der Waals surface area contributed by atoms with Crippen LogP contribution in [0.25, 0.3) is 0 Å². The Kier molecular flexibility index (Phi) is 8.07. The first-order valence-corrected chi connectivity index (χ1v) is 7.48. The lowest BCUT2D eigenvalue weighted by Crippen LogP contribution is -2.18. The van der Waals surface area contributed by atoms with Gasteiger partial charge in [0.25, 0.3) is 0 Å². The quantitative estimate of drug-likeness (QED) is 0.446. The summed E-state index contributed by atoms with van der Waals surface area (Å²) in [6.45, 7) is 2.24. The highest BCUT2D eigenvalue weighted by Crippen LogP contribution is 2.15. The SMILES string of the molecule is BrCCCCNCCSc1ccccc1. The molecule has 1 N–H and O–H groups in total. The number of alkyl halides is 1. The Morgan fingerprint density at radius 1 is 1.07 bits per heavy atom. The first-order valence-electron chi connectivity index (χ1n) is 5.38. The monoisotopic (exact) mass is 287 g/mol. The number of benzene rings is 1. The summed E-state index contributed by atoms with van der Waals surface area (Å²) in [6.07, 6.45) is 2.53. The zero-order valence-electron chi connectivity index (χ0n) is 8.92. The van der Waals surface area contributed by atoms with Gasteiger partial charge in [0.15, 0.2) is 0 Å². The predicted molar refractivity (Wildman–Crippen MR) is 73.1 cm³/mol. The summed E-state index contributed by atoms with van der Waals surface area (Å²) < 4.78 is 0. The highest BCUT2D eigenvalue weighted by atomic mass is 79.9. The second kappa shape index (κ2) is 9.25. The third-order valence-corrected chi connectivity index (χ3v) is 3.60. The summed E-state index contributed by atoms with van der Waals surface area (Å²) in [6, 6.07) is 10.6. The molecule has 1 nitrogen and oxygen atoms in total. The molecule has 0 saturated carbocycles. The lowest BCUT2D eigenvalue weighted by atomic mass is 10.3. The molecule has 1 aromatic rings. The minimum Gasteiger partial charge on any atom is -0.316 e. The van der Waals surface area contributed by atoms with Crippen molar-refractivity contribution in [3.63, 3.8) is 0 Å². The van der Waals surface area contributed by atoms with E-state index in [1.807, 2.05) is 11.8 Å². The summed E-state index contributed by atoms with van der Waals surface area (Å²) >= 11 is 5.34. The van der Waals surface area contributed by atoms with Gasteiger partial charge in [-0.25, -0.2) is 0 Å². The zero-order chi connectivity index (χ0) is 10.8. The fourth-order valence-corrected chi connectivity index (χ4v) is 2.46. The van der Waals surface area contributed by atoms with Crippen molar-refractivity contribution in [3.8, 4) is 0 Å². The maximum Gasteiger partial charge on any atom is 0.0106 e. The molecular formula is C12H18BrNS. The Labute approximate surface area is 105 Å². The molecule has 1 rings (SSSR count). The summed E-state index contributed by atoms with van der Waals surface area (Å²) in [7, 11) is 0. The molecule has 0 heterocycles. The smallest absolute Gasteiger partial charge is 0.0106 e. The average molecular weight is 288 g/mol. The molecule has 0 saturated heterocycles. The van der Waals surface area contributed by atoms with E-state index >= 15 is 0 Å². The highest BCUT2D eigenvalue weighted by Gasteiger charge is 1.92. The summed E-state index contributed by atoms with van der Waals surface area (Å²) in [5.74, 6) is 1.15. The highest BCUT2D eigenvalue weighted by molar-refractivity contribution is 9.09. The number of hydrogen-bond donors (Lipinski definition) is 1. The van der Waals surface area contributed by atoms with Crippen molar-refractivity contribution in [2.45, 2.75) is 17.7 Å². The first kappa shape index (κ1) is 13.1. The number of unbranched alkanes of at least 4 members (excludes halogenated alkanes) is 1. The van der Waals surface area contributed by atoms with Crippen LogP contribution in [-0.4, -0.2) is 24.2 Å². The van der Waals surface area contributed by atoms with E-state index in [1.54, 1.807) is 0 Å². The molecule has 0 aromatic heterocycles. The number of rotatable bonds is 8. The van der Waals surface area contributed by atoms with Gasteiger partial charge in [-0.3, -0.25) is 0 Å². The van der Waals surface area contributed by atoms with Crippen molar-refractivity contribution >= 4 is 27.7 Å². The van der Waals surface area contributed by atoms with Crippen LogP contribution in [0.4, 0.5) is 0 Å². The fourth-order valence-electron chi connectivity index (χ4n) is 1.23. The second-order valence-electron chi connectivity index (χ2n) is 3.31. The third-order valence-electron chi connectivity index (χ3n) is 2.03. The van der Waals surface area contributed by atoms with Crippen molar-refractivity contribution in [2.75, 3.05) is 24.2 Å². The van der Waals surface area contributed by atoms with Gasteiger partial charge in [-0.05, 0) is 31.5 Å². The molecule has 0 unspecified atom stereocenters. The molecule has 15 heavy (non-hydrogen) atoms. The lowest BCUT2D eigenvalue weighted by Gasteiger charge is -2.03. The largest absolute Gasteiger partial charge is 0.316 e. The van der Waals surface area contributed by atoms with E-state index in [9.17, 15) is 0 Å². The molecule has 84 valence electrons. The van der Waals surface area contributed by atoms with Gasteiger partial charge in [0.1, 0.15) is 0 Å². The van der Waals surface area contributed by atoms with Crippen molar-refractivity contribution in [1.82, 2.24) is 5.32 Å². The Bertz CT molecular complexity index is 241. The van der Waals surface area contributed by atoms with Crippen LogP contribution in [0.2, 0.25) is 0 Å². The van der Waals surface area contributed by atoms with Crippen LogP contribution < -0.4 is 5.32 Å². The first-order chi connectivity index (χ1) is 7.43. The van der Waals surface area contributed by atoms with Gasteiger partial charge in [-0.2, -0.15) is 0 Å². The number of hydrogen-bond acceptors (Lipinski definition) is 2. The Hall–Kier alpha value is 0.0100. The van der Waals surface area contributed by atoms with E-state index in [0.29, 0.717) is 0 Å². The standard InChI is InChI=1S/C12H18BrNS/c13-8-4-5-9-14-10-11-15-12-6-2-1-3-7-12/h1-3,6-7,14H,4-5,8-11H2. The molecule has 3 heteroatoms. The van der Waals surface area contributed by atoms with Gasteiger partial charge >= 0.3 is 0 Å². The Morgan fingerprint density at radius 3 is 2.60 bits per heavy atom. The molecule has 0 spiro atoms. The van der Waals surface area contributed by atoms with Gasteiger partial charge in [0.2, 0.25) is 0 Å². The van der Waals surface area contributed by atoms with Crippen LogP contribution >= 0.6 is 27.7 Å². The van der Waals surface area contributed by atoms with Crippen molar-refractivity contribution in [1.29, 1.82) is 0 Å². The summed E-state index contributed by atoms with van der Waals surface area (Å²) in [4.78, 5) is 1.36. The molecule has 1 aromatic carbocycles. The normalized spacial score (nSPS) is 10.5. The third kappa shape index (κ3) is 6.98. The summed E-state index contributed by atoms with van der Waals surface area (Å²) in [5, 5.41) is 4.57. The number of nitrogens with one attached hydrogen (secondary N) is 1. The van der Waals surface area contributed by atoms with E-state index in [-0.39, 0.29) is 0 Å². The van der Waals surface area contributed by atoms with E-state index < -0.39 is 0 Å². The molecule has 0 aliphatic rings. The molecule has 0 bridgehead atoms. The molecule has 0 aliphatic heterocycles. The van der Waals surface area contributed by atoms with E-state index in [0.717, 1.165) is 24.2 Å². The lowest BCUT2D eigenvalue weighted by molar-refractivity contribution is 0.670. The summed E-state index contributed by atoms with van der Waals surface area (Å²) in [5.41, 5.74) is 0.